The average molecular weight is 465 g/mol. The Bertz CT molecular complexity index is 1330. The van der Waals surface area contributed by atoms with E-state index < -0.39 is 0 Å². The second-order valence-electron chi connectivity index (χ2n) is 9.15. The molecule has 33 heavy (non-hydrogen) atoms. The smallest absolute Gasteiger partial charge is 0.237 e. The molecule has 0 atom stereocenters. The molecule has 0 saturated carbocycles. The zero-order valence-corrected chi connectivity index (χ0v) is 20.4. The molecule has 1 N–H and O–H groups in total. The van der Waals surface area contributed by atoms with Gasteiger partial charge in [0, 0.05) is 35.2 Å². The number of aryl methyl sites for hydroxylation is 1. The second kappa shape index (κ2) is 8.35. The standard InChI is InChI=1S/C23H28N8OS/c1-13(2)19-20(15-8-14(3)22-24-12-25-31(22)9-15)27-28-21(19)23-26-16-6-7-30(10-17(16)33-23)18(32)11-29(4)5/h8-9,12-13H,6-7,10-11H2,1-5H3,(H,27,28). The topological polar surface area (TPSA) is 95.3 Å². The van der Waals surface area contributed by atoms with Gasteiger partial charge in [-0.2, -0.15) is 10.2 Å². The lowest BCUT2D eigenvalue weighted by atomic mass is 9.97. The number of pyridine rings is 1. The highest BCUT2D eigenvalue weighted by atomic mass is 32.1. The van der Waals surface area contributed by atoms with Crippen molar-refractivity contribution in [3.63, 3.8) is 0 Å². The van der Waals surface area contributed by atoms with Gasteiger partial charge in [-0.15, -0.1) is 11.3 Å². The number of thiazole rings is 1. The fourth-order valence-electron chi connectivity index (χ4n) is 4.40. The highest BCUT2D eigenvalue weighted by molar-refractivity contribution is 7.15. The van der Waals surface area contributed by atoms with Crippen LogP contribution in [0.25, 0.3) is 27.6 Å². The Hall–Kier alpha value is -3.11. The van der Waals surface area contributed by atoms with Crippen molar-refractivity contribution in [1.82, 2.24) is 39.6 Å². The summed E-state index contributed by atoms with van der Waals surface area (Å²) in [6.45, 7) is 8.15. The number of fused-ring (bicyclic) bond motifs is 2. The minimum absolute atomic E-state index is 0.158. The molecule has 1 aliphatic heterocycles. The first-order valence-electron chi connectivity index (χ1n) is 11.1. The molecule has 10 heteroatoms. The van der Waals surface area contributed by atoms with E-state index in [1.54, 1.807) is 22.2 Å². The van der Waals surface area contributed by atoms with Gasteiger partial charge in [0.2, 0.25) is 5.91 Å². The number of hydrogen-bond donors (Lipinski definition) is 1. The van der Waals surface area contributed by atoms with Crippen molar-refractivity contribution in [1.29, 1.82) is 0 Å². The van der Waals surface area contributed by atoms with E-state index in [-0.39, 0.29) is 11.8 Å². The van der Waals surface area contributed by atoms with Gasteiger partial charge in [0.1, 0.15) is 11.3 Å². The molecule has 0 fully saturated rings. The first-order valence-corrected chi connectivity index (χ1v) is 11.9. The number of amides is 1. The van der Waals surface area contributed by atoms with Crippen LogP contribution in [0.5, 0.6) is 0 Å². The molecule has 0 saturated heterocycles. The molecule has 5 rings (SSSR count). The van der Waals surface area contributed by atoms with Gasteiger partial charge in [0.25, 0.3) is 0 Å². The van der Waals surface area contributed by atoms with E-state index in [1.807, 2.05) is 37.0 Å². The predicted octanol–water partition coefficient (Wildman–Crippen LogP) is 3.12. The molecule has 0 unspecified atom stereocenters. The summed E-state index contributed by atoms with van der Waals surface area (Å²) >= 11 is 1.66. The molecular weight excluding hydrogens is 436 g/mol. The maximum Gasteiger partial charge on any atom is 0.237 e. The van der Waals surface area contributed by atoms with Crippen LogP contribution in [0.1, 0.15) is 41.5 Å². The fraction of sp³-hybridized carbons (Fsp3) is 0.435. The molecule has 4 aromatic heterocycles. The minimum Gasteiger partial charge on any atom is -0.336 e. The quantitative estimate of drug-likeness (QED) is 0.488. The van der Waals surface area contributed by atoms with E-state index in [4.69, 9.17) is 10.1 Å². The van der Waals surface area contributed by atoms with E-state index in [1.165, 1.54) is 0 Å². The monoisotopic (exact) mass is 464 g/mol. The third-order valence-electron chi connectivity index (χ3n) is 5.96. The maximum absolute atomic E-state index is 12.5. The molecule has 1 aliphatic rings. The molecule has 0 bridgehead atoms. The SMILES string of the molecule is Cc1cc(-c2n[nH]c(-c3nc4c(s3)CN(C(=O)CN(C)C)CC4)c2C(C)C)cn2ncnc12. The highest BCUT2D eigenvalue weighted by Crippen LogP contribution is 2.39. The summed E-state index contributed by atoms with van der Waals surface area (Å²) in [5.41, 5.74) is 7.00. The zero-order chi connectivity index (χ0) is 23.3. The van der Waals surface area contributed by atoms with Gasteiger partial charge in [-0.3, -0.25) is 9.89 Å². The summed E-state index contributed by atoms with van der Waals surface area (Å²) in [7, 11) is 3.84. The van der Waals surface area contributed by atoms with Crippen LogP contribution < -0.4 is 0 Å². The lowest BCUT2D eigenvalue weighted by molar-refractivity contribution is -0.132. The van der Waals surface area contributed by atoms with Crippen molar-refractivity contribution >= 4 is 22.9 Å². The Balaban J connectivity index is 1.51. The van der Waals surface area contributed by atoms with Crippen LogP contribution in [0.2, 0.25) is 0 Å². The normalized spacial score (nSPS) is 14.0. The van der Waals surface area contributed by atoms with Gasteiger partial charge in [-0.25, -0.2) is 14.5 Å². The number of H-pyrrole nitrogens is 1. The molecule has 0 aromatic carbocycles. The number of carbonyl (C=O) groups excluding carboxylic acids is 1. The molecule has 1 amide bonds. The predicted molar refractivity (Wildman–Crippen MR) is 128 cm³/mol. The molecule has 4 aromatic rings. The Morgan fingerprint density at radius 3 is 2.91 bits per heavy atom. The van der Waals surface area contributed by atoms with Gasteiger partial charge < -0.3 is 9.80 Å². The number of hydrogen-bond acceptors (Lipinski definition) is 7. The molecule has 9 nitrogen and oxygen atoms in total. The van der Waals surface area contributed by atoms with Crippen LogP contribution in [-0.2, 0) is 17.8 Å². The van der Waals surface area contributed by atoms with Gasteiger partial charge >= 0.3 is 0 Å². The third-order valence-corrected chi connectivity index (χ3v) is 7.06. The summed E-state index contributed by atoms with van der Waals surface area (Å²) in [5, 5.41) is 13.2. The maximum atomic E-state index is 12.5. The number of nitrogens with zero attached hydrogens (tertiary/aromatic N) is 7. The summed E-state index contributed by atoms with van der Waals surface area (Å²) in [4.78, 5) is 26.8. The van der Waals surface area contributed by atoms with Crippen LogP contribution in [0.3, 0.4) is 0 Å². The lowest BCUT2D eigenvalue weighted by Gasteiger charge is -2.27. The third kappa shape index (κ3) is 3.93. The molecule has 5 heterocycles. The Kier molecular flexibility index (Phi) is 5.49. The number of aromatic nitrogens is 6. The Morgan fingerprint density at radius 1 is 1.33 bits per heavy atom. The molecular formula is C23H28N8OS. The van der Waals surface area contributed by atoms with Crippen molar-refractivity contribution in [2.75, 3.05) is 27.2 Å². The van der Waals surface area contributed by atoms with Gasteiger partial charge in [-0.05, 0) is 38.6 Å². The lowest BCUT2D eigenvalue weighted by Crippen LogP contribution is -2.40. The number of carbonyl (C=O) groups is 1. The van der Waals surface area contributed by atoms with Crippen LogP contribution in [0.15, 0.2) is 18.6 Å². The minimum atomic E-state index is 0.158. The van der Waals surface area contributed by atoms with Gasteiger partial charge in [0.15, 0.2) is 5.65 Å². The van der Waals surface area contributed by atoms with Crippen molar-refractivity contribution < 1.29 is 4.79 Å². The Labute approximate surface area is 196 Å². The molecule has 0 aliphatic carbocycles. The number of likely N-dealkylation sites (N-methyl/N-ethyl adjacent to an activating group) is 1. The summed E-state index contributed by atoms with van der Waals surface area (Å²) in [6.07, 6.45) is 4.32. The van der Waals surface area contributed by atoms with Crippen LogP contribution in [0, 0.1) is 6.92 Å². The molecule has 0 spiro atoms. The van der Waals surface area contributed by atoms with Crippen molar-refractivity contribution in [3.05, 3.63) is 40.3 Å². The van der Waals surface area contributed by atoms with Crippen LogP contribution in [0.4, 0.5) is 0 Å². The summed E-state index contributed by atoms with van der Waals surface area (Å²) < 4.78 is 1.80. The largest absolute Gasteiger partial charge is 0.336 e. The first-order chi connectivity index (χ1) is 15.8. The Morgan fingerprint density at radius 2 is 2.15 bits per heavy atom. The van der Waals surface area contributed by atoms with Gasteiger partial charge in [-0.1, -0.05) is 13.8 Å². The summed E-state index contributed by atoms with van der Waals surface area (Å²) in [6, 6.07) is 2.11. The van der Waals surface area contributed by atoms with Crippen LogP contribution in [-0.4, -0.2) is 72.7 Å². The van der Waals surface area contributed by atoms with Crippen molar-refractivity contribution in [2.45, 2.75) is 39.7 Å². The number of aromatic amines is 1. The number of nitrogens with one attached hydrogen (secondary N) is 1. The van der Waals surface area contributed by atoms with Crippen molar-refractivity contribution in [2.24, 2.45) is 0 Å². The van der Waals surface area contributed by atoms with E-state index in [2.05, 4.69) is 35.1 Å². The van der Waals surface area contributed by atoms with E-state index >= 15 is 0 Å². The van der Waals surface area contributed by atoms with Crippen LogP contribution >= 0.6 is 11.3 Å². The molecule has 172 valence electrons. The van der Waals surface area contributed by atoms with E-state index in [0.717, 1.165) is 55.7 Å². The average Bonchev–Trinajstić information content (AvgIpc) is 3.49. The fourth-order valence-corrected chi connectivity index (χ4v) is 5.54. The second-order valence-corrected chi connectivity index (χ2v) is 10.2. The van der Waals surface area contributed by atoms with E-state index in [0.29, 0.717) is 19.6 Å². The number of rotatable bonds is 5. The molecule has 0 radical (unpaired) electrons. The van der Waals surface area contributed by atoms with Crippen molar-refractivity contribution in [3.8, 4) is 22.0 Å². The summed E-state index contributed by atoms with van der Waals surface area (Å²) in [5.74, 6) is 0.408. The highest BCUT2D eigenvalue weighted by Gasteiger charge is 2.27. The zero-order valence-electron chi connectivity index (χ0n) is 19.6. The van der Waals surface area contributed by atoms with Gasteiger partial charge in [0.05, 0.1) is 30.2 Å². The first kappa shape index (κ1) is 21.7. The van der Waals surface area contributed by atoms with E-state index in [9.17, 15) is 4.79 Å².